The number of hydrogen-bond acceptors (Lipinski definition) is 2. The highest BCUT2D eigenvalue weighted by Gasteiger charge is 2.17. The molecule has 0 bridgehead atoms. The van der Waals surface area contributed by atoms with Crippen molar-refractivity contribution >= 4 is 27.7 Å². The topological polar surface area (TPSA) is 26.0 Å². The molecule has 0 heterocycles. The van der Waals surface area contributed by atoms with Crippen LogP contribution in [-0.4, -0.2) is 6.04 Å². The van der Waals surface area contributed by atoms with E-state index in [1.165, 1.54) is 16.0 Å². The first-order valence-electron chi connectivity index (χ1n) is 6.30. The molecule has 0 spiro atoms. The maximum Gasteiger partial charge on any atom is 0.0492 e. The zero-order valence-corrected chi connectivity index (χ0v) is 13.5. The lowest BCUT2D eigenvalue weighted by Gasteiger charge is -2.21. The molecule has 2 unspecified atom stereocenters. The predicted octanol–water partition coefficient (Wildman–Crippen LogP) is 4.94. The molecule has 0 saturated carbocycles. The summed E-state index contributed by atoms with van der Waals surface area (Å²) in [5, 5.41) is 0.273. The number of aryl methyl sites for hydroxylation is 1. The Hall–Kier alpha value is -0.770. The molecule has 2 rings (SSSR count). The average Bonchev–Trinajstić information content (AvgIpc) is 2.37. The zero-order valence-electron chi connectivity index (χ0n) is 11.1. The van der Waals surface area contributed by atoms with Crippen LogP contribution in [0.15, 0.2) is 57.9 Å². The Bertz CT molecular complexity index is 537. The lowest BCUT2D eigenvalue weighted by molar-refractivity contribution is 0.721. The summed E-state index contributed by atoms with van der Waals surface area (Å²) in [7, 11) is 0. The summed E-state index contributed by atoms with van der Waals surface area (Å²) in [6.07, 6.45) is 0. The second kappa shape index (κ2) is 6.60. The molecule has 0 aliphatic rings. The van der Waals surface area contributed by atoms with Crippen LogP contribution in [0.5, 0.6) is 0 Å². The molecule has 100 valence electrons. The highest BCUT2D eigenvalue weighted by molar-refractivity contribution is 9.10. The van der Waals surface area contributed by atoms with Crippen molar-refractivity contribution in [3.63, 3.8) is 0 Å². The van der Waals surface area contributed by atoms with E-state index in [-0.39, 0.29) is 11.3 Å². The summed E-state index contributed by atoms with van der Waals surface area (Å²) in [5.41, 5.74) is 8.71. The number of halogens is 1. The van der Waals surface area contributed by atoms with E-state index in [0.717, 1.165) is 4.47 Å². The van der Waals surface area contributed by atoms with Crippen molar-refractivity contribution in [3.05, 3.63) is 64.1 Å². The van der Waals surface area contributed by atoms with Gasteiger partial charge in [0.2, 0.25) is 0 Å². The van der Waals surface area contributed by atoms with E-state index in [2.05, 4.69) is 78.3 Å². The summed E-state index contributed by atoms with van der Waals surface area (Å²) in [6, 6.07) is 17.1. The van der Waals surface area contributed by atoms with Crippen LogP contribution in [0.3, 0.4) is 0 Å². The van der Waals surface area contributed by atoms with Crippen molar-refractivity contribution in [1.82, 2.24) is 0 Å². The summed E-state index contributed by atoms with van der Waals surface area (Å²) in [6.45, 7) is 4.18. The molecule has 2 aromatic rings. The Morgan fingerprint density at radius 2 is 1.79 bits per heavy atom. The van der Waals surface area contributed by atoms with Crippen LogP contribution >= 0.6 is 27.7 Å². The lowest BCUT2D eigenvalue weighted by Crippen LogP contribution is -2.22. The summed E-state index contributed by atoms with van der Waals surface area (Å²) in [5.74, 6) is 0. The normalized spacial score (nSPS) is 14.1. The van der Waals surface area contributed by atoms with Crippen LogP contribution in [-0.2, 0) is 0 Å². The van der Waals surface area contributed by atoms with Crippen molar-refractivity contribution in [2.45, 2.75) is 30.0 Å². The van der Waals surface area contributed by atoms with E-state index >= 15 is 0 Å². The quantitative estimate of drug-likeness (QED) is 0.801. The highest BCUT2D eigenvalue weighted by Crippen LogP contribution is 2.37. The Kier molecular flexibility index (Phi) is 5.08. The minimum absolute atomic E-state index is 0.103. The minimum Gasteiger partial charge on any atom is -0.327 e. The van der Waals surface area contributed by atoms with E-state index in [0.29, 0.717) is 0 Å². The van der Waals surface area contributed by atoms with Crippen LogP contribution in [0.2, 0.25) is 0 Å². The molecule has 2 atom stereocenters. The fraction of sp³-hybridized carbons (Fsp3) is 0.250. The van der Waals surface area contributed by atoms with Gasteiger partial charge in [-0.05, 0) is 43.7 Å². The molecule has 2 N–H and O–H groups in total. The number of benzene rings is 2. The van der Waals surface area contributed by atoms with Crippen LogP contribution in [0, 0.1) is 6.92 Å². The zero-order chi connectivity index (χ0) is 13.8. The molecule has 0 aliphatic carbocycles. The molecule has 0 saturated heterocycles. The van der Waals surface area contributed by atoms with Crippen molar-refractivity contribution in [3.8, 4) is 0 Å². The van der Waals surface area contributed by atoms with Crippen LogP contribution < -0.4 is 5.73 Å². The summed E-state index contributed by atoms with van der Waals surface area (Å²) >= 11 is 5.30. The summed E-state index contributed by atoms with van der Waals surface area (Å²) < 4.78 is 1.10. The van der Waals surface area contributed by atoms with E-state index in [1.807, 2.05) is 11.8 Å². The molecule has 0 radical (unpaired) electrons. The third kappa shape index (κ3) is 4.10. The van der Waals surface area contributed by atoms with Gasteiger partial charge in [0.1, 0.15) is 0 Å². The Balaban J connectivity index is 2.23. The van der Waals surface area contributed by atoms with Gasteiger partial charge in [0, 0.05) is 20.7 Å². The number of thioether (sulfide) groups is 1. The fourth-order valence-electron chi connectivity index (χ4n) is 1.97. The Labute approximate surface area is 127 Å². The SMILES string of the molecule is Cc1cccc(SC(c2ccc(Br)cc2)C(C)N)c1. The minimum atomic E-state index is 0.103. The fourth-order valence-corrected chi connectivity index (χ4v) is 3.44. The second-order valence-electron chi connectivity index (χ2n) is 4.77. The number of nitrogens with two attached hydrogens (primary N) is 1. The molecule has 3 heteroatoms. The smallest absolute Gasteiger partial charge is 0.0492 e. The van der Waals surface area contributed by atoms with Crippen molar-refractivity contribution in [2.24, 2.45) is 5.73 Å². The largest absolute Gasteiger partial charge is 0.327 e. The highest BCUT2D eigenvalue weighted by atomic mass is 79.9. The van der Waals surface area contributed by atoms with Gasteiger partial charge in [-0.2, -0.15) is 0 Å². The molecule has 2 aromatic carbocycles. The molecular weight excluding hydrogens is 318 g/mol. The number of rotatable bonds is 4. The third-order valence-corrected chi connectivity index (χ3v) is 4.94. The molecular formula is C16H18BrNS. The maximum absolute atomic E-state index is 6.16. The Morgan fingerprint density at radius 1 is 1.11 bits per heavy atom. The predicted molar refractivity (Wildman–Crippen MR) is 87.6 cm³/mol. The third-order valence-electron chi connectivity index (χ3n) is 2.93. The molecule has 19 heavy (non-hydrogen) atoms. The average molecular weight is 336 g/mol. The van der Waals surface area contributed by atoms with Gasteiger partial charge in [0.15, 0.2) is 0 Å². The molecule has 1 nitrogen and oxygen atoms in total. The van der Waals surface area contributed by atoms with Gasteiger partial charge in [0.05, 0.1) is 0 Å². The summed E-state index contributed by atoms with van der Waals surface area (Å²) in [4.78, 5) is 1.27. The Morgan fingerprint density at radius 3 is 2.37 bits per heavy atom. The first-order valence-corrected chi connectivity index (χ1v) is 7.98. The molecule has 0 amide bonds. The molecule has 0 aliphatic heterocycles. The van der Waals surface area contributed by atoms with Crippen LogP contribution in [0.1, 0.15) is 23.3 Å². The van der Waals surface area contributed by atoms with Gasteiger partial charge in [-0.3, -0.25) is 0 Å². The van der Waals surface area contributed by atoms with Crippen LogP contribution in [0.25, 0.3) is 0 Å². The molecule has 0 aromatic heterocycles. The van der Waals surface area contributed by atoms with Crippen molar-refractivity contribution < 1.29 is 0 Å². The van der Waals surface area contributed by atoms with E-state index in [9.17, 15) is 0 Å². The maximum atomic E-state index is 6.16. The van der Waals surface area contributed by atoms with Crippen molar-refractivity contribution in [1.29, 1.82) is 0 Å². The van der Waals surface area contributed by atoms with Gasteiger partial charge in [-0.15, -0.1) is 11.8 Å². The second-order valence-corrected chi connectivity index (χ2v) is 6.90. The standard InChI is InChI=1S/C16H18BrNS/c1-11-4-3-5-15(10-11)19-16(12(2)18)13-6-8-14(17)9-7-13/h3-10,12,16H,18H2,1-2H3. The first kappa shape index (κ1) is 14.6. The van der Waals surface area contributed by atoms with Crippen LogP contribution in [0.4, 0.5) is 0 Å². The van der Waals surface area contributed by atoms with E-state index in [1.54, 1.807) is 0 Å². The van der Waals surface area contributed by atoms with Gasteiger partial charge >= 0.3 is 0 Å². The van der Waals surface area contributed by atoms with Gasteiger partial charge in [-0.25, -0.2) is 0 Å². The lowest BCUT2D eigenvalue weighted by atomic mass is 10.1. The van der Waals surface area contributed by atoms with Crippen molar-refractivity contribution in [2.75, 3.05) is 0 Å². The monoisotopic (exact) mass is 335 g/mol. The van der Waals surface area contributed by atoms with E-state index in [4.69, 9.17) is 5.73 Å². The first-order chi connectivity index (χ1) is 9.06. The number of hydrogen-bond donors (Lipinski definition) is 1. The van der Waals surface area contributed by atoms with Gasteiger partial charge < -0.3 is 5.73 Å². The van der Waals surface area contributed by atoms with E-state index < -0.39 is 0 Å². The van der Waals surface area contributed by atoms with Gasteiger partial charge in [0.25, 0.3) is 0 Å². The van der Waals surface area contributed by atoms with Gasteiger partial charge in [-0.1, -0.05) is 45.8 Å². The molecule has 0 fully saturated rings.